The highest BCUT2D eigenvalue weighted by Gasteiger charge is 2.24. The summed E-state index contributed by atoms with van der Waals surface area (Å²) in [7, 11) is 0. The number of benzene rings is 2. The minimum Gasteiger partial charge on any atom is -0.334 e. The zero-order chi connectivity index (χ0) is 18.7. The first-order valence-electron chi connectivity index (χ1n) is 7.40. The van der Waals surface area contributed by atoms with Crippen LogP contribution >= 0.6 is 35.0 Å². The van der Waals surface area contributed by atoms with Crippen molar-refractivity contribution in [3.05, 3.63) is 74.5 Å². The van der Waals surface area contributed by atoms with Crippen molar-refractivity contribution in [1.82, 2.24) is 9.97 Å². The Morgan fingerprint density at radius 1 is 1.12 bits per heavy atom. The normalized spacial score (nSPS) is 10.6. The molecule has 0 bridgehead atoms. The molecule has 0 aliphatic heterocycles. The number of anilines is 2. The minimum atomic E-state index is -0.504. The van der Waals surface area contributed by atoms with Gasteiger partial charge in [0.1, 0.15) is 6.33 Å². The van der Waals surface area contributed by atoms with E-state index in [9.17, 15) is 10.1 Å². The molecule has 0 aliphatic rings. The van der Waals surface area contributed by atoms with Crippen molar-refractivity contribution in [3.8, 4) is 0 Å². The van der Waals surface area contributed by atoms with Crippen LogP contribution in [-0.4, -0.2) is 14.9 Å². The van der Waals surface area contributed by atoms with E-state index in [4.69, 9.17) is 23.2 Å². The van der Waals surface area contributed by atoms with Crippen LogP contribution in [0.15, 0.2) is 58.7 Å². The number of aromatic nitrogens is 2. The lowest BCUT2D eigenvalue weighted by molar-refractivity contribution is -0.387. The average molecular weight is 407 g/mol. The van der Waals surface area contributed by atoms with Gasteiger partial charge < -0.3 is 5.32 Å². The van der Waals surface area contributed by atoms with Crippen LogP contribution in [0.5, 0.6) is 0 Å². The van der Waals surface area contributed by atoms with Crippen molar-refractivity contribution in [2.45, 2.75) is 16.8 Å². The first kappa shape index (κ1) is 18.4. The maximum atomic E-state index is 11.6. The van der Waals surface area contributed by atoms with Crippen LogP contribution in [0.2, 0.25) is 10.0 Å². The van der Waals surface area contributed by atoms with E-state index in [1.807, 2.05) is 13.0 Å². The monoisotopic (exact) mass is 406 g/mol. The van der Waals surface area contributed by atoms with Crippen molar-refractivity contribution in [2.75, 3.05) is 5.32 Å². The SMILES string of the molecule is Cc1ccc(Nc2ncnc(Sc3ccc(Cl)cc3)c2[N+](=O)[O-])cc1Cl. The van der Waals surface area contributed by atoms with Gasteiger partial charge in [0.15, 0.2) is 5.03 Å². The summed E-state index contributed by atoms with van der Waals surface area (Å²) in [5, 5.41) is 15.9. The third kappa shape index (κ3) is 4.24. The molecule has 26 heavy (non-hydrogen) atoms. The Bertz CT molecular complexity index is 967. The molecule has 0 fully saturated rings. The summed E-state index contributed by atoms with van der Waals surface area (Å²) >= 11 is 13.1. The summed E-state index contributed by atoms with van der Waals surface area (Å²) in [6.45, 7) is 1.88. The molecule has 0 aliphatic carbocycles. The number of nitrogens with one attached hydrogen (secondary N) is 1. The maximum absolute atomic E-state index is 11.6. The lowest BCUT2D eigenvalue weighted by Crippen LogP contribution is -2.03. The number of nitrogens with zero attached hydrogens (tertiary/aromatic N) is 3. The van der Waals surface area contributed by atoms with Crippen LogP contribution < -0.4 is 5.32 Å². The van der Waals surface area contributed by atoms with Gasteiger partial charge in [0.2, 0.25) is 5.82 Å². The average Bonchev–Trinajstić information content (AvgIpc) is 2.60. The molecule has 3 aromatic rings. The Labute approximate surface area is 163 Å². The van der Waals surface area contributed by atoms with Crippen molar-refractivity contribution in [3.63, 3.8) is 0 Å². The van der Waals surface area contributed by atoms with Gasteiger partial charge in [0.25, 0.3) is 0 Å². The first-order valence-corrected chi connectivity index (χ1v) is 8.97. The second-order valence-corrected chi connectivity index (χ2v) is 7.18. The maximum Gasteiger partial charge on any atom is 0.343 e. The van der Waals surface area contributed by atoms with Crippen molar-refractivity contribution in [1.29, 1.82) is 0 Å². The van der Waals surface area contributed by atoms with Gasteiger partial charge >= 0.3 is 5.69 Å². The molecule has 0 spiro atoms. The number of rotatable bonds is 5. The Morgan fingerprint density at radius 3 is 2.50 bits per heavy atom. The predicted octanol–water partition coefficient (Wildman–Crippen LogP) is 5.89. The van der Waals surface area contributed by atoms with E-state index in [2.05, 4.69) is 15.3 Å². The molecule has 6 nitrogen and oxygen atoms in total. The van der Waals surface area contributed by atoms with Crippen LogP contribution in [0.1, 0.15) is 5.56 Å². The second-order valence-electron chi connectivity index (χ2n) is 5.28. The number of nitro groups is 1. The summed E-state index contributed by atoms with van der Waals surface area (Å²) in [6, 6.07) is 12.3. The standard InChI is InChI=1S/C17H12Cl2N4O2S/c1-10-2-5-12(8-14(10)19)22-16-15(23(24)25)17(21-9-20-16)26-13-6-3-11(18)4-7-13/h2-9H,1H3,(H,20,21,22). The van der Waals surface area contributed by atoms with E-state index in [1.165, 1.54) is 6.33 Å². The molecule has 3 rings (SSSR count). The summed E-state index contributed by atoms with van der Waals surface area (Å²) in [6.07, 6.45) is 1.28. The van der Waals surface area contributed by atoms with Gasteiger partial charge in [-0.1, -0.05) is 41.0 Å². The highest BCUT2D eigenvalue weighted by Crippen LogP contribution is 2.38. The van der Waals surface area contributed by atoms with Crippen LogP contribution in [0.4, 0.5) is 17.2 Å². The van der Waals surface area contributed by atoms with E-state index in [1.54, 1.807) is 36.4 Å². The minimum absolute atomic E-state index is 0.0985. The quantitative estimate of drug-likeness (QED) is 0.322. The van der Waals surface area contributed by atoms with E-state index in [0.717, 1.165) is 22.2 Å². The van der Waals surface area contributed by atoms with Gasteiger partial charge in [0.05, 0.1) is 4.92 Å². The fraction of sp³-hybridized carbons (Fsp3) is 0.0588. The topological polar surface area (TPSA) is 81.0 Å². The molecule has 1 aromatic heterocycles. The van der Waals surface area contributed by atoms with Crippen molar-refractivity contribution >= 4 is 52.2 Å². The molecule has 2 aromatic carbocycles. The van der Waals surface area contributed by atoms with Crippen LogP contribution in [0.3, 0.4) is 0 Å². The summed E-state index contributed by atoms with van der Waals surface area (Å²) in [5.74, 6) is 0.0985. The fourth-order valence-electron chi connectivity index (χ4n) is 2.11. The molecule has 9 heteroatoms. The number of hydrogen-bond acceptors (Lipinski definition) is 6. The highest BCUT2D eigenvalue weighted by atomic mass is 35.5. The van der Waals surface area contributed by atoms with Crippen LogP contribution in [-0.2, 0) is 0 Å². The Kier molecular flexibility index (Phi) is 5.61. The Morgan fingerprint density at radius 2 is 1.85 bits per heavy atom. The molecule has 1 N–H and O–H groups in total. The summed E-state index contributed by atoms with van der Waals surface area (Å²) < 4.78 is 0. The van der Waals surface area contributed by atoms with Gasteiger partial charge in [-0.05, 0) is 48.9 Å². The molecule has 0 radical (unpaired) electrons. The van der Waals surface area contributed by atoms with Crippen LogP contribution in [0, 0.1) is 17.0 Å². The van der Waals surface area contributed by atoms with E-state index in [-0.39, 0.29) is 16.5 Å². The molecule has 132 valence electrons. The van der Waals surface area contributed by atoms with Crippen molar-refractivity contribution < 1.29 is 4.92 Å². The fourth-order valence-corrected chi connectivity index (χ4v) is 3.28. The molecular formula is C17H12Cl2N4O2S. The molecule has 1 heterocycles. The number of aryl methyl sites for hydroxylation is 1. The molecular weight excluding hydrogens is 395 g/mol. The van der Waals surface area contributed by atoms with Gasteiger partial charge in [-0.25, -0.2) is 9.97 Å². The number of halogens is 2. The zero-order valence-electron chi connectivity index (χ0n) is 13.4. The highest BCUT2D eigenvalue weighted by molar-refractivity contribution is 7.99. The lowest BCUT2D eigenvalue weighted by atomic mass is 10.2. The molecule has 0 atom stereocenters. The predicted molar refractivity (Wildman–Crippen MR) is 104 cm³/mol. The molecule has 0 amide bonds. The first-order chi connectivity index (χ1) is 12.4. The third-order valence-electron chi connectivity index (χ3n) is 3.43. The molecule has 0 saturated heterocycles. The smallest absolute Gasteiger partial charge is 0.334 e. The third-order valence-corrected chi connectivity index (χ3v) is 5.09. The van der Waals surface area contributed by atoms with Gasteiger partial charge in [-0.3, -0.25) is 10.1 Å². The van der Waals surface area contributed by atoms with Crippen molar-refractivity contribution in [2.24, 2.45) is 0 Å². The second kappa shape index (κ2) is 7.90. The Balaban J connectivity index is 1.96. The van der Waals surface area contributed by atoms with Gasteiger partial charge in [-0.15, -0.1) is 0 Å². The largest absolute Gasteiger partial charge is 0.343 e. The Hall–Kier alpha value is -2.35. The number of hydrogen-bond donors (Lipinski definition) is 1. The van der Waals surface area contributed by atoms with Gasteiger partial charge in [-0.2, -0.15) is 0 Å². The lowest BCUT2D eigenvalue weighted by Gasteiger charge is -2.09. The summed E-state index contributed by atoms with van der Waals surface area (Å²) in [5.41, 5.74) is 1.31. The van der Waals surface area contributed by atoms with Gasteiger partial charge in [0, 0.05) is 20.6 Å². The molecule has 0 saturated carbocycles. The zero-order valence-corrected chi connectivity index (χ0v) is 15.8. The van der Waals surface area contributed by atoms with Crippen LogP contribution in [0.25, 0.3) is 0 Å². The summed E-state index contributed by atoms with van der Waals surface area (Å²) in [4.78, 5) is 20.0. The van der Waals surface area contributed by atoms with E-state index in [0.29, 0.717) is 15.7 Å². The molecule has 0 unspecified atom stereocenters. The van der Waals surface area contributed by atoms with E-state index >= 15 is 0 Å². The van der Waals surface area contributed by atoms with E-state index < -0.39 is 4.92 Å².